The van der Waals surface area contributed by atoms with Crippen LogP contribution in [0, 0.1) is 0 Å². The van der Waals surface area contributed by atoms with Crippen LogP contribution in [0.4, 0.5) is 0 Å². The lowest BCUT2D eigenvalue weighted by Gasteiger charge is -2.20. The minimum atomic E-state index is 0.100. The number of aromatic nitrogens is 2. The van der Waals surface area contributed by atoms with Crippen molar-refractivity contribution >= 4 is 40.8 Å². The fourth-order valence-electron chi connectivity index (χ4n) is 2.10. The van der Waals surface area contributed by atoms with Crippen molar-refractivity contribution in [1.82, 2.24) is 15.1 Å². The fourth-order valence-corrected chi connectivity index (χ4v) is 4.98. The molecule has 0 unspecified atom stereocenters. The number of hydrogen-bond donors (Lipinski definition) is 0. The number of likely N-dealkylation sites (N-methyl/N-ethyl adjacent to an activating group) is 1. The first kappa shape index (κ1) is 20.8. The normalized spacial score (nSPS) is 10.6. The second kappa shape index (κ2) is 10.6. The number of benzene rings is 1. The Kier molecular flexibility index (Phi) is 8.47. The summed E-state index contributed by atoms with van der Waals surface area (Å²) < 4.78 is 6.89. The van der Waals surface area contributed by atoms with Gasteiger partial charge in [-0.3, -0.25) is 4.79 Å². The molecule has 1 aromatic heterocycles. The monoisotopic (exact) mass is 409 g/mol. The largest absolute Gasteiger partial charge is 0.497 e. The van der Waals surface area contributed by atoms with Gasteiger partial charge in [-0.25, -0.2) is 0 Å². The van der Waals surface area contributed by atoms with Crippen LogP contribution in [-0.4, -0.2) is 47.0 Å². The van der Waals surface area contributed by atoms with Crippen LogP contribution in [0.15, 0.2) is 45.1 Å². The van der Waals surface area contributed by atoms with E-state index in [-0.39, 0.29) is 5.91 Å². The van der Waals surface area contributed by atoms with Gasteiger partial charge in [0, 0.05) is 18.8 Å². The molecule has 1 amide bonds. The average molecular weight is 410 g/mol. The Balaban J connectivity index is 1.81. The number of thioether (sulfide) groups is 2. The molecule has 0 aliphatic carbocycles. The Hall–Kier alpha value is -1.51. The van der Waals surface area contributed by atoms with Crippen LogP contribution in [-0.2, 0) is 10.5 Å². The van der Waals surface area contributed by atoms with Crippen LogP contribution in [0.3, 0.4) is 0 Å². The quantitative estimate of drug-likeness (QED) is 0.429. The van der Waals surface area contributed by atoms with E-state index in [0.717, 1.165) is 25.8 Å². The van der Waals surface area contributed by atoms with Crippen molar-refractivity contribution in [3.05, 3.63) is 42.0 Å². The third kappa shape index (κ3) is 6.66. The highest BCUT2D eigenvalue weighted by Crippen LogP contribution is 2.31. The Morgan fingerprint density at radius 3 is 2.46 bits per heavy atom. The average Bonchev–Trinajstić information content (AvgIpc) is 3.10. The van der Waals surface area contributed by atoms with E-state index >= 15 is 0 Å². The van der Waals surface area contributed by atoms with Crippen molar-refractivity contribution in [2.24, 2.45) is 0 Å². The summed E-state index contributed by atoms with van der Waals surface area (Å²) in [5.41, 5.74) is 2.19. The van der Waals surface area contributed by atoms with E-state index in [1.54, 1.807) is 23.8 Å². The molecule has 0 spiro atoms. The number of carbonyl (C=O) groups is 1. The maximum absolute atomic E-state index is 12.3. The van der Waals surface area contributed by atoms with Crippen molar-refractivity contribution < 1.29 is 9.53 Å². The standard InChI is InChI=1S/C18H23N3O2S3/c1-5-21(10-13(2)3)16(22)12-25-18-20-19-17(26-18)24-11-14-6-8-15(23-4)9-7-14/h6-9H,2,5,10-12H2,1,3-4H3. The number of amides is 1. The lowest BCUT2D eigenvalue weighted by atomic mass is 10.2. The Labute approximate surface area is 167 Å². The molecule has 0 aliphatic heterocycles. The molecule has 26 heavy (non-hydrogen) atoms. The molecule has 5 nitrogen and oxygen atoms in total. The summed E-state index contributed by atoms with van der Waals surface area (Å²) in [6.45, 7) is 9.07. The summed E-state index contributed by atoms with van der Waals surface area (Å²) in [5.74, 6) is 2.15. The third-order valence-corrected chi connectivity index (χ3v) is 6.67. The van der Waals surface area contributed by atoms with Gasteiger partial charge in [-0.1, -0.05) is 59.1 Å². The van der Waals surface area contributed by atoms with Gasteiger partial charge in [-0.15, -0.1) is 10.2 Å². The number of nitrogens with zero attached hydrogens (tertiary/aromatic N) is 3. The van der Waals surface area contributed by atoms with Crippen molar-refractivity contribution in [2.75, 3.05) is 26.0 Å². The number of rotatable bonds is 10. The summed E-state index contributed by atoms with van der Waals surface area (Å²) in [6, 6.07) is 7.99. The van der Waals surface area contributed by atoms with E-state index in [1.807, 2.05) is 38.1 Å². The highest BCUT2D eigenvalue weighted by atomic mass is 32.2. The third-order valence-electron chi connectivity index (χ3n) is 3.42. The number of carbonyl (C=O) groups excluding carboxylic acids is 1. The van der Waals surface area contributed by atoms with E-state index in [1.165, 1.54) is 28.7 Å². The first-order valence-electron chi connectivity index (χ1n) is 8.16. The van der Waals surface area contributed by atoms with E-state index in [4.69, 9.17) is 4.74 Å². The van der Waals surface area contributed by atoms with Gasteiger partial charge in [0.1, 0.15) is 5.75 Å². The van der Waals surface area contributed by atoms with Crippen LogP contribution in [0.1, 0.15) is 19.4 Å². The zero-order chi connectivity index (χ0) is 18.9. The Morgan fingerprint density at radius 2 is 1.88 bits per heavy atom. The van der Waals surface area contributed by atoms with Gasteiger partial charge in [0.15, 0.2) is 8.68 Å². The molecule has 8 heteroatoms. The molecule has 0 bridgehead atoms. The van der Waals surface area contributed by atoms with Crippen LogP contribution in [0.25, 0.3) is 0 Å². The molecule has 140 valence electrons. The Morgan fingerprint density at radius 1 is 1.23 bits per heavy atom. The topological polar surface area (TPSA) is 55.3 Å². The second-order valence-corrected chi connectivity index (χ2v) is 9.05. The highest BCUT2D eigenvalue weighted by Gasteiger charge is 2.14. The molecule has 0 fully saturated rings. The molecule has 2 rings (SSSR count). The lowest BCUT2D eigenvalue weighted by Crippen LogP contribution is -2.33. The van der Waals surface area contributed by atoms with Crippen LogP contribution in [0.5, 0.6) is 5.75 Å². The summed E-state index contributed by atoms with van der Waals surface area (Å²) >= 11 is 4.61. The van der Waals surface area contributed by atoms with Gasteiger partial charge >= 0.3 is 0 Å². The maximum Gasteiger partial charge on any atom is 0.233 e. The zero-order valence-electron chi connectivity index (χ0n) is 15.2. The maximum atomic E-state index is 12.3. The fraction of sp³-hybridized carbons (Fsp3) is 0.389. The van der Waals surface area contributed by atoms with E-state index < -0.39 is 0 Å². The van der Waals surface area contributed by atoms with Crippen LogP contribution in [0.2, 0.25) is 0 Å². The van der Waals surface area contributed by atoms with Crippen LogP contribution >= 0.6 is 34.9 Å². The molecule has 0 N–H and O–H groups in total. The van der Waals surface area contributed by atoms with Crippen molar-refractivity contribution in [1.29, 1.82) is 0 Å². The second-order valence-electron chi connectivity index (χ2n) is 5.62. The minimum Gasteiger partial charge on any atom is -0.497 e. The molecule has 1 aromatic carbocycles. The van der Waals surface area contributed by atoms with Gasteiger partial charge in [0.2, 0.25) is 5.91 Å². The zero-order valence-corrected chi connectivity index (χ0v) is 17.7. The lowest BCUT2D eigenvalue weighted by molar-refractivity contribution is -0.127. The molecule has 0 atom stereocenters. The minimum absolute atomic E-state index is 0.100. The molecule has 0 saturated heterocycles. The summed E-state index contributed by atoms with van der Waals surface area (Å²) in [7, 11) is 1.66. The molecule has 2 aromatic rings. The van der Waals surface area contributed by atoms with Crippen molar-refractivity contribution in [3.63, 3.8) is 0 Å². The van der Waals surface area contributed by atoms with Crippen molar-refractivity contribution in [2.45, 2.75) is 28.3 Å². The smallest absolute Gasteiger partial charge is 0.233 e. The van der Waals surface area contributed by atoms with Gasteiger partial charge in [0.25, 0.3) is 0 Å². The molecular formula is C18H23N3O2S3. The summed E-state index contributed by atoms with van der Waals surface area (Å²) in [4.78, 5) is 14.1. The summed E-state index contributed by atoms with van der Waals surface area (Å²) in [6.07, 6.45) is 0. The highest BCUT2D eigenvalue weighted by molar-refractivity contribution is 8.03. The first-order chi connectivity index (χ1) is 12.5. The van der Waals surface area contributed by atoms with Gasteiger partial charge < -0.3 is 9.64 Å². The molecular weight excluding hydrogens is 386 g/mol. The van der Waals surface area contributed by atoms with E-state index in [0.29, 0.717) is 18.8 Å². The molecule has 1 heterocycles. The van der Waals surface area contributed by atoms with E-state index in [9.17, 15) is 4.79 Å². The molecule has 0 aliphatic rings. The number of hydrogen-bond acceptors (Lipinski definition) is 7. The molecule has 0 saturated carbocycles. The van der Waals surface area contributed by atoms with Gasteiger partial charge in [0.05, 0.1) is 12.9 Å². The Bertz CT molecular complexity index is 732. The van der Waals surface area contributed by atoms with Crippen molar-refractivity contribution in [3.8, 4) is 5.75 Å². The number of ether oxygens (including phenoxy) is 1. The first-order valence-corrected chi connectivity index (χ1v) is 10.9. The number of methoxy groups -OCH3 is 1. The predicted molar refractivity (Wildman–Crippen MR) is 110 cm³/mol. The van der Waals surface area contributed by atoms with E-state index in [2.05, 4.69) is 16.8 Å². The van der Waals surface area contributed by atoms with Gasteiger partial charge in [-0.2, -0.15) is 0 Å². The molecule has 0 radical (unpaired) electrons. The SMILES string of the molecule is C=C(C)CN(CC)C(=O)CSc1nnc(SCc2ccc(OC)cc2)s1. The van der Waals surface area contributed by atoms with Gasteiger partial charge in [-0.05, 0) is 31.5 Å². The predicted octanol–water partition coefficient (Wildman–Crippen LogP) is 4.36. The summed E-state index contributed by atoms with van der Waals surface area (Å²) in [5, 5.41) is 8.38. The van der Waals surface area contributed by atoms with Crippen LogP contribution < -0.4 is 4.74 Å².